The van der Waals surface area contributed by atoms with Crippen molar-refractivity contribution >= 4 is 22.9 Å². The Bertz CT molecular complexity index is 935. The van der Waals surface area contributed by atoms with Crippen molar-refractivity contribution in [2.24, 2.45) is 0 Å². The van der Waals surface area contributed by atoms with Gasteiger partial charge in [-0.15, -0.1) is 0 Å². The van der Waals surface area contributed by atoms with Gasteiger partial charge in [0.2, 0.25) is 5.95 Å². The van der Waals surface area contributed by atoms with E-state index < -0.39 is 6.10 Å². The molecule has 2 atom stereocenters. The van der Waals surface area contributed by atoms with Gasteiger partial charge in [-0.3, -0.25) is 4.79 Å². The number of hydrogen-bond donors (Lipinski definition) is 2. The summed E-state index contributed by atoms with van der Waals surface area (Å²) in [4.78, 5) is 24.5. The average Bonchev–Trinajstić information content (AvgIpc) is 3.24. The van der Waals surface area contributed by atoms with Gasteiger partial charge in [-0.1, -0.05) is 30.3 Å². The van der Waals surface area contributed by atoms with Gasteiger partial charge in [-0.05, 0) is 30.2 Å². The molecule has 1 amide bonds. The van der Waals surface area contributed by atoms with Crippen molar-refractivity contribution in [3.8, 4) is 0 Å². The largest absolute Gasteiger partial charge is 0.391 e. The molecule has 2 N–H and O–H groups in total. The molecule has 4 rings (SSSR count). The van der Waals surface area contributed by atoms with Crippen molar-refractivity contribution in [3.63, 3.8) is 0 Å². The van der Waals surface area contributed by atoms with Crippen LogP contribution in [0, 0.1) is 0 Å². The van der Waals surface area contributed by atoms with Gasteiger partial charge in [0.05, 0.1) is 23.2 Å². The number of nitrogens with zero attached hydrogens (tertiary/aromatic N) is 3. The van der Waals surface area contributed by atoms with E-state index in [1.165, 1.54) is 0 Å². The van der Waals surface area contributed by atoms with Crippen molar-refractivity contribution < 1.29 is 9.90 Å². The number of aliphatic hydroxyl groups excluding tert-OH is 1. The van der Waals surface area contributed by atoms with Gasteiger partial charge in [0, 0.05) is 26.2 Å². The number of amides is 1. The number of fused-ring (bicyclic) bond motifs is 1. The van der Waals surface area contributed by atoms with E-state index in [4.69, 9.17) is 0 Å². The topological polar surface area (TPSA) is 72.5 Å². The number of hydrogen-bond acceptors (Lipinski definition) is 4. The van der Waals surface area contributed by atoms with Gasteiger partial charge >= 0.3 is 0 Å². The monoisotopic (exact) mass is 350 g/mol. The van der Waals surface area contributed by atoms with E-state index in [0.717, 1.165) is 22.5 Å². The molecule has 6 nitrogen and oxygen atoms in total. The molecular formula is C20H22N4O2. The fourth-order valence-corrected chi connectivity index (χ4v) is 3.54. The van der Waals surface area contributed by atoms with E-state index in [1.807, 2.05) is 61.5 Å². The SMILES string of the molecule is CN(C)c1nc2ccc(C(=O)N3CC(O)CC3c3ccccc3)cc2[nH]1. The summed E-state index contributed by atoms with van der Waals surface area (Å²) in [5.74, 6) is 0.682. The zero-order chi connectivity index (χ0) is 18.3. The smallest absolute Gasteiger partial charge is 0.254 e. The van der Waals surface area contributed by atoms with E-state index in [-0.39, 0.29) is 11.9 Å². The third kappa shape index (κ3) is 2.93. The molecular weight excluding hydrogens is 328 g/mol. The number of aromatic nitrogens is 2. The van der Waals surface area contributed by atoms with E-state index in [1.54, 1.807) is 11.0 Å². The predicted molar refractivity (Wildman–Crippen MR) is 101 cm³/mol. The normalized spacial score (nSPS) is 19.9. The highest BCUT2D eigenvalue weighted by molar-refractivity contribution is 5.98. The van der Waals surface area contributed by atoms with Crippen LogP contribution in [0.3, 0.4) is 0 Å². The standard InChI is InChI=1S/C20H22N4O2/c1-23(2)20-21-16-9-8-14(10-17(16)22-20)19(26)24-12-15(25)11-18(24)13-6-4-3-5-7-13/h3-10,15,18,25H,11-12H2,1-2H3,(H,21,22). The molecule has 0 saturated carbocycles. The van der Waals surface area contributed by atoms with Crippen LogP contribution in [-0.2, 0) is 0 Å². The number of imidazole rings is 1. The zero-order valence-corrected chi connectivity index (χ0v) is 14.9. The Morgan fingerprint density at radius 3 is 2.73 bits per heavy atom. The number of rotatable bonds is 3. The Balaban J connectivity index is 1.66. The second-order valence-electron chi connectivity index (χ2n) is 6.96. The molecule has 0 spiro atoms. The lowest BCUT2D eigenvalue weighted by Crippen LogP contribution is -2.31. The quantitative estimate of drug-likeness (QED) is 0.761. The minimum Gasteiger partial charge on any atom is -0.391 e. The molecule has 2 unspecified atom stereocenters. The maximum absolute atomic E-state index is 13.1. The molecule has 0 radical (unpaired) electrons. The molecule has 1 aliphatic heterocycles. The number of carbonyl (C=O) groups is 1. The Kier molecular flexibility index (Phi) is 4.12. The van der Waals surface area contributed by atoms with Crippen LogP contribution in [0.15, 0.2) is 48.5 Å². The van der Waals surface area contributed by atoms with Crippen molar-refractivity contribution in [2.75, 3.05) is 25.5 Å². The lowest BCUT2D eigenvalue weighted by atomic mass is 10.0. The van der Waals surface area contributed by atoms with Gasteiger partial charge in [0.25, 0.3) is 5.91 Å². The Morgan fingerprint density at radius 1 is 1.23 bits per heavy atom. The minimum absolute atomic E-state index is 0.0710. The number of anilines is 1. The first-order valence-electron chi connectivity index (χ1n) is 8.74. The molecule has 134 valence electrons. The first-order chi connectivity index (χ1) is 12.5. The van der Waals surface area contributed by atoms with Crippen LogP contribution in [-0.4, -0.2) is 52.6 Å². The van der Waals surface area contributed by atoms with Crippen LogP contribution in [0.5, 0.6) is 0 Å². The van der Waals surface area contributed by atoms with Gasteiger partial charge in [-0.25, -0.2) is 4.98 Å². The van der Waals surface area contributed by atoms with Crippen molar-refractivity contribution in [1.29, 1.82) is 0 Å². The van der Waals surface area contributed by atoms with Crippen LogP contribution in [0.25, 0.3) is 11.0 Å². The molecule has 0 aliphatic carbocycles. The predicted octanol–water partition coefficient (Wildman–Crippen LogP) is 2.58. The number of benzene rings is 2. The maximum atomic E-state index is 13.1. The molecule has 1 aliphatic rings. The van der Waals surface area contributed by atoms with Gasteiger partial charge < -0.3 is 19.9 Å². The van der Waals surface area contributed by atoms with Gasteiger partial charge in [-0.2, -0.15) is 0 Å². The summed E-state index contributed by atoms with van der Waals surface area (Å²) in [6, 6.07) is 15.3. The summed E-state index contributed by atoms with van der Waals surface area (Å²) in [5, 5.41) is 10.1. The molecule has 3 aromatic rings. The number of nitrogens with one attached hydrogen (secondary N) is 1. The molecule has 2 aromatic carbocycles. The van der Waals surface area contributed by atoms with Crippen LogP contribution in [0.2, 0.25) is 0 Å². The first-order valence-corrected chi connectivity index (χ1v) is 8.74. The van der Waals surface area contributed by atoms with E-state index >= 15 is 0 Å². The van der Waals surface area contributed by atoms with Gasteiger partial charge in [0.1, 0.15) is 0 Å². The van der Waals surface area contributed by atoms with Crippen LogP contribution in [0.4, 0.5) is 5.95 Å². The number of β-amino-alcohol motifs (C(OH)–C–C–N with tert-alkyl or cyclic N) is 1. The maximum Gasteiger partial charge on any atom is 0.254 e. The number of aromatic amines is 1. The average molecular weight is 350 g/mol. The highest BCUT2D eigenvalue weighted by atomic mass is 16.3. The molecule has 6 heteroatoms. The molecule has 26 heavy (non-hydrogen) atoms. The highest BCUT2D eigenvalue weighted by Crippen LogP contribution is 2.33. The number of aliphatic hydroxyl groups is 1. The van der Waals surface area contributed by atoms with E-state index in [0.29, 0.717) is 18.5 Å². The fourth-order valence-electron chi connectivity index (χ4n) is 3.54. The minimum atomic E-state index is -0.500. The molecule has 1 fully saturated rings. The lowest BCUT2D eigenvalue weighted by Gasteiger charge is -2.25. The van der Waals surface area contributed by atoms with Crippen LogP contribution in [0.1, 0.15) is 28.4 Å². The Hall–Kier alpha value is -2.86. The Morgan fingerprint density at radius 2 is 2.00 bits per heavy atom. The highest BCUT2D eigenvalue weighted by Gasteiger charge is 2.35. The van der Waals surface area contributed by atoms with Gasteiger partial charge in [0.15, 0.2) is 0 Å². The van der Waals surface area contributed by atoms with Crippen molar-refractivity contribution in [1.82, 2.24) is 14.9 Å². The molecule has 0 bridgehead atoms. The molecule has 1 aromatic heterocycles. The number of H-pyrrole nitrogens is 1. The van der Waals surface area contributed by atoms with Crippen LogP contribution < -0.4 is 4.90 Å². The summed E-state index contributed by atoms with van der Waals surface area (Å²) < 4.78 is 0. The summed E-state index contributed by atoms with van der Waals surface area (Å²) in [5.41, 5.74) is 3.30. The molecule has 1 saturated heterocycles. The van der Waals surface area contributed by atoms with E-state index in [9.17, 15) is 9.90 Å². The second kappa shape index (κ2) is 6.46. The van der Waals surface area contributed by atoms with Crippen molar-refractivity contribution in [2.45, 2.75) is 18.6 Å². The Labute approximate surface area is 152 Å². The summed E-state index contributed by atoms with van der Waals surface area (Å²) >= 11 is 0. The van der Waals surface area contributed by atoms with E-state index in [2.05, 4.69) is 9.97 Å². The summed E-state index contributed by atoms with van der Waals surface area (Å²) in [6.07, 6.45) is 0.0627. The first kappa shape index (κ1) is 16.6. The second-order valence-corrected chi connectivity index (χ2v) is 6.96. The summed E-state index contributed by atoms with van der Waals surface area (Å²) in [6.45, 7) is 0.350. The molecule has 2 heterocycles. The lowest BCUT2D eigenvalue weighted by molar-refractivity contribution is 0.0716. The third-order valence-electron chi connectivity index (χ3n) is 4.86. The number of likely N-dealkylation sites (tertiary alicyclic amines) is 1. The summed E-state index contributed by atoms with van der Waals surface area (Å²) in [7, 11) is 3.83. The zero-order valence-electron chi connectivity index (χ0n) is 14.9. The number of carbonyl (C=O) groups excluding carboxylic acids is 1. The fraction of sp³-hybridized carbons (Fsp3) is 0.300. The third-order valence-corrected chi connectivity index (χ3v) is 4.86. The van der Waals surface area contributed by atoms with Crippen molar-refractivity contribution in [3.05, 3.63) is 59.7 Å². The van der Waals surface area contributed by atoms with Crippen LogP contribution >= 0.6 is 0 Å².